The molecule has 1 aliphatic heterocycles. The van der Waals surface area contributed by atoms with Gasteiger partial charge in [0.15, 0.2) is 11.5 Å². The molecule has 112 valence electrons. The lowest BCUT2D eigenvalue weighted by Gasteiger charge is -2.20. The third-order valence-corrected chi connectivity index (χ3v) is 4.01. The van der Waals surface area contributed by atoms with Crippen LogP contribution < -0.4 is 14.8 Å². The first kappa shape index (κ1) is 14.4. The summed E-state index contributed by atoms with van der Waals surface area (Å²) in [5, 5.41) is 7.78. The number of nitrogens with one attached hydrogen (secondary N) is 1. The van der Waals surface area contributed by atoms with Crippen LogP contribution >= 0.6 is 15.9 Å². The number of aryl methyl sites for hydroxylation is 2. The second kappa shape index (κ2) is 6.07. The molecular weight excluding hydrogens is 334 g/mol. The highest BCUT2D eigenvalue weighted by atomic mass is 79.9. The molecule has 6 heteroatoms. The molecule has 1 aliphatic rings. The number of ether oxygens (including phenoxy) is 2. The number of nitrogens with zero attached hydrogens (tertiary/aromatic N) is 2. The van der Waals surface area contributed by atoms with E-state index in [0.717, 1.165) is 40.3 Å². The van der Waals surface area contributed by atoms with Gasteiger partial charge in [-0.25, -0.2) is 0 Å². The van der Waals surface area contributed by atoms with Crippen LogP contribution in [0.25, 0.3) is 0 Å². The Kier molecular flexibility index (Phi) is 4.17. The lowest BCUT2D eigenvalue weighted by atomic mass is 10.2. The quantitative estimate of drug-likeness (QED) is 0.919. The van der Waals surface area contributed by atoms with Gasteiger partial charge in [0.2, 0.25) is 0 Å². The van der Waals surface area contributed by atoms with E-state index in [2.05, 4.69) is 32.4 Å². The van der Waals surface area contributed by atoms with Crippen molar-refractivity contribution in [1.82, 2.24) is 15.1 Å². The molecule has 0 aliphatic carbocycles. The lowest BCUT2D eigenvalue weighted by molar-refractivity contribution is 0.170. The average molecular weight is 352 g/mol. The van der Waals surface area contributed by atoms with Crippen LogP contribution in [-0.4, -0.2) is 23.0 Å². The molecule has 0 fully saturated rings. The number of benzene rings is 1. The second-order valence-electron chi connectivity index (χ2n) is 5.12. The molecule has 21 heavy (non-hydrogen) atoms. The van der Waals surface area contributed by atoms with Gasteiger partial charge in [-0.05, 0) is 40.5 Å². The standard InChI is InChI=1S/C15H18BrN3O2/c1-10-12(9-19(2)18-10)8-17-7-11-5-13(16)15-14(6-11)20-3-4-21-15/h5-6,9,17H,3-4,7-8H2,1-2H3. The highest BCUT2D eigenvalue weighted by molar-refractivity contribution is 9.10. The SMILES string of the molecule is Cc1nn(C)cc1CNCc1cc(Br)c2c(c1)OCCO2. The van der Waals surface area contributed by atoms with E-state index in [1.807, 2.05) is 30.9 Å². The van der Waals surface area contributed by atoms with Crippen molar-refractivity contribution in [1.29, 1.82) is 0 Å². The first-order valence-electron chi connectivity index (χ1n) is 6.91. The van der Waals surface area contributed by atoms with Crippen molar-refractivity contribution in [2.45, 2.75) is 20.0 Å². The number of fused-ring (bicyclic) bond motifs is 1. The van der Waals surface area contributed by atoms with Crippen LogP contribution in [0.15, 0.2) is 22.8 Å². The fourth-order valence-electron chi connectivity index (χ4n) is 2.43. The topological polar surface area (TPSA) is 48.3 Å². The van der Waals surface area contributed by atoms with Crippen molar-refractivity contribution in [2.75, 3.05) is 13.2 Å². The molecule has 0 unspecified atom stereocenters. The minimum Gasteiger partial charge on any atom is -0.486 e. The number of hydrogen-bond acceptors (Lipinski definition) is 4. The summed E-state index contributed by atoms with van der Waals surface area (Å²) in [5.74, 6) is 1.61. The third-order valence-electron chi connectivity index (χ3n) is 3.42. The summed E-state index contributed by atoms with van der Waals surface area (Å²) in [5.41, 5.74) is 3.44. The summed E-state index contributed by atoms with van der Waals surface area (Å²) >= 11 is 3.54. The number of halogens is 1. The summed E-state index contributed by atoms with van der Waals surface area (Å²) in [6.07, 6.45) is 2.04. The maximum Gasteiger partial charge on any atom is 0.175 e. The van der Waals surface area contributed by atoms with Crippen LogP contribution in [0.5, 0.6) is 11.5 Å². The molecule has 0 radical (unpaired) electrons. The van der Waals surface area contributed by atoms with Gasteiger partial charge in [-0.2, -0.15) is 5.10 Å². The first-order valence-corrected chi connectivity index (χ1v) is 7.70. The van der Waals surface area contributed by atoms with Crippen molar-refractivity contribution in [3.63, 3.8) is 0 Å². The Labute approximate surface area is 132 Å². The maximum absolute atomic E-state index is 5.64. The molecule has 5 nitrogen and oxygen atoms in total. The molecule has 0 saturated heterocycles. The largest absolute Gasteiger partial charge is 0.486 e. The van der Waals surface area contributed by atoms with Crippen LogP contribution in [-0.2, 0) is 20.1 Å². The molecule has 0 spiro atoms. The lowest BCUT2D eigenvalue weighted by Crippen LogP contribution is -2.17. The van der Waals surface area contributed by atoms with Crippen LogP contribution in [0.2, 0.25) is 0 Å². The zero-order chi connectivity index (χ0) is 14.8. The average Bonchev–Trinajstić information content (AvgIpc) is 2.77. The van der Waals surface area contributed by atoms with Crippen LogP contribution in [0.1, 0.15) is 16.8 Å². The van der Waals surface area contributed by atoms with Gasteiger partial charge < -0.3 is 14.8 Å². The van der Waals surface area contributed by atoms with Gasteiger partial charge in [-0.15, -0.1) is 0 Å². The monoisotopic (exact) mass is 351 g/mol. The van der Waals surface area contributed by atoms with E-state index in [9.17, 15) is 0 Å². The number of aromatic nitrogens is 2. The second-order valence-corrected chi connectivity index (χ2v) is 5.97. The molecule has 0 saturated carbocycles. The van der Waals surface area contributed by atoms with Gasteiger partial charge in [0.25, 0.3) is 0 Å². The van der Waals surface area contributed by atoms with Crippen molar-refractivity contribution >= 4 is 15.9 Å². The summed E-state index contributed by atoms with van der Waals surface area (Å²) in [6, 6.07) is 4.10. The zero-order valence-electron chi connectivity index (χ0n) is 12.1. The van der Waals surface area contributed by atoms with Gasteiger partial charge in [0.1, 0.15) is 13.2 Å². The van der Waals surface area contributed by atoms with Crippen molar-refractivity contribution in [3.8, 4) is 11.5 Å². The molecule has 1 aromatic heterocycles. The highest BCUT2D eigenvalue weighted by Crippen LogP contribution is 2.38. The van der Waals surface area contributed by atoms with E-state index >= 15 is 0 Å². The zero-order valence-corrected chi connectivity index (χ0v) is 13.7. The Hall–Kier alpha value is -1.53. The van der Waals surface area contributed by atoms with Crippen molar-refractivity contribution in [3.05, 3.63) is 39.6 Å². The van der Waals surface area contributed by atoms with Crippen molar-refractivity contribution < 1.29 is 9.47 Å². The smallest absolute Gasteiger partial charge is 0.175 e. The van der Waals surface area contributed by atoms with E-state index in [0.29, 0.717) is 13.2 Å². The molecule has 0 amide bonds. The van der Waals surface area contributed by atoms with Gasteiger partial charge in [-0.1, -0.05) is 0 Å². The molecule has 1 aromatic carbocycles. The molecule has 0 atom stereocenters. The molecule has 0 bridgehead atoms. The van der Waals surface area contributed by atoms with Gasteiger partial charge >= 0.3 is 0 Å². The van der Waals surface area contributed by atoms with Gasteiger partial charge in [0.05, 0.1) is 10.2 Å². The molecular formula is C15H18BrN3O2. The van der Waals surface area contributed by atoms with Gasteiger partial charge in [0, 0.05) is 31.9 Å². The number of hydrogen-bond donors (Lipinski definition) is 1. The molecule has 2 aromatic rings. The Balaban J connectivity index is 1.65. The van der Waals surface area contributed by atoms with E-state index in [1.165, 1.54) is 5.56 Å². The van der Waals surface area contributed by atoms with Crippen LogP contribution in [0, 0.1) is 6.92 Å². The minimum absolute atomic E-state index is 0.601. The molecule has 2 heterocycles. The van der Waals surface area contributed by atoms with Crippen molar-refractivity contribution in [2.24, 2.45) is 7.05 Å². The van der Waals surface area contributed by atoms with E-state index in [-0.39, 0.29) is 0 Å². The maximum atomic E-state index is 5.64. The fourth-order valence-corrected chi connectivity index (χ4v) is 3.03. The molecule has 3 rings (SSSR count). The van der Waals surface area contributed by atoms with Gasteiger partial charge in [-0.3, -0.25) is 4.68 Å². The van der Waals surface area contributed by atoms with Crippen LogP contribution in [0.3, 0.4) is 0 Å². The van der Waals surface area contributed by atoms with E-state index in [1.54, 1.807) is 0 Å². The highest BCUT2D eigenvalue weighted by Gasteiger charge is 2.16. The summed E-state index contributed by atoms with van der Waals surface area (Å²) in [4.78, 5) is 0. The minimum atomic E-state index is 0.601. The summed E-state index contributed by atoms with van der Waals surface area (Å²) in [7, 11) is 1.94. The Morgan fingerprint density at radius 1 is 1.29 bits per heavy atom. The summed E-state index contributed by atoms with van der Waals surface area (Å²) < 4.78 is 14.0. The third kappa shape index (κ3) is 3.22. The first-order chi connectivity index (χ1) is 10.1. The van der Waals surface area contributed by atoms with E-state index < -0.39 is 0 Å². The predicted octanol–water partition coefficient (Wildman–Crippen LogP) is 2.55. The summed E-state index contributed by atoms with van der Waals surface area (Å²) in [6.45, 7) is 4.79. The predicted molar refractivity (Wildman–Crippen MR) is 83.6 cm³/mol. The Bertz CT molecular complexity index is 655. The molecule has 1 N–H and O–H groups in total. The fraction of sp³-hybridized carbons (Fsp3) is 0.400. The Morgan fingerprint density at radius 2 is 2.10 bits per heavy atom. The number of rotatable bonds is 4. The Morgan fingerprint density at radius 3 is 2.86 bits per heavy atom. The van der Waals surface area contributed by atoms with E-state index in [4.69, 9.17) is 9.47 Å². The van der Waals surface area contributed by atoms with Crippen LogP contribution in [0.4, 0.5) is 0 Å². The normalized spacial score (nSPS) is 13.5.